The van der Waals surface area contributed by atoms with Crippen molar-refractivity contribution in [3.63, 3.8) is 0 Å². The lowest BCUT2D eigenvalue weighted by molar-refractivity contribution is -0.119. The molecule has 0 aliphatic carbocycles. The number of ether oxygens (including phenoxy) is 1. The van der Waals surface area contributed by atoms with Gasteiger partial charge in [-0.15, -0.1) is 0 Å². The SMILES string of the molecule is CCCC(OCC)c1noc(C(C(C)=O)C(C)C)n1. The summed E-state index contributed by atoms with van der Waals surface area (Å²) in [5, 5.41) is 3.98. The first-order chi connectivity index (χ1) is 9.01. The quantitative estimate of drug-likeness (QED) is 0.724. The Morgan fingerprint density at radius 2 is 2.05 bits per heavy atom. The van der Waals surface area contributed by atoms with Crippen LogP contribution in [0.1, 0.15) is 71.2 Å². The molecule has 0 aromatic carbocycles. The van der Waals surface area contributed by atoms with E-state index in [0.717, 1.165) is 12.8 Å². The second-order valence-corrected chi connectivity index (χ2v) is 5.06. The van der Waals surface area contributed by atoms with Crippen molar-refractivity contribution in [2.45, 2.75) is 59.5 Å². The third-order valence-electron chi connectivity index (χ3n) is 3.03. The van der Waals surface area contributed by atoms with E-state index >= 15 is 0 Å². The number of hydrogen-bond acceptors (Lipinski definition) is 5. The molecule has 5 nitrogen and oxygen atoms in total. The first kappa shape index (κ1) is 15.8. The topological polar surface area (TPSA) is 65.2 Å². The molecule has 1 heterocycles. The first-order valence-electron chi connectivity index (χ1n) is 6.96. The highest BCUT2D eigenvalue weighted by Crippen LogP contribution is 2.27. The van der Waals surface area contributed by atoms with Crippen LogP contribution in [0, 0.1) is 5.92 Å². The molecule has 0 saturated carbocycles. The van der Waals surface area contributed by atoms with Gasteiger partial charge in [0.05, 0.1) is 5.92 Å². The van der Waals surface area contributed by atoms with E-state index in [1.807, 2.05) is 20.8 Å². The number of rotatable bonds is 8. The van der Waals surface area contributed by atoms with E-state index in [1.165, 1.54) is 0 Å². The third kappa shape index (κ3) is 4.13. The molecular weight excluding hydrogens is 244 g/mol. The Balaban J connectivity index is 2.93. The molecule has 0 bridgehead atoms. The fraction of sp³-hybridized carbons (Fsp3) is 0.786. The molecule has 0 aliphatic rings. The summed E-state index contributed by atoms with van der Waals surface area (Å²) in [4.78, 5) is 16.0. The van der Waals surface area contributed by atoms with E-state index in [4.69, 9.17) is 9.26 Å². The van der Waals surface area contributed by atoms with Crippen molar-refractivity contribution < 1.29 is 14.1 Å². The lowest BCUT2D eigenvalue weighted by Crippen LogP contribution is -2.16. The van der Waals surface area contributed by atoms with Crippen LogP contribution in [0.15, 0.2) is 4.52 Å². The van der Waals surface area contributed by atoms with Crippen molar-refractivity contribution in [3.8, 4) is 0 Å². The lowest BCUT2D eigenvalue weighted by atomic mass is 9.92. The Kier molecular flexibility index (Phi) is 6.15. The van der Waals surface area contributed by atoms with Gasteiger partial charge in [-0.3, -0.25) is 4.79 Å². The van der Waals surface area contributed by atoms with Crippen LogP contribution in [-0.2, 0) is 9.53 Å². The van der Waals surface area contributed by atoms with Gasteiger partial charge >= 0.3 is 0 Å². The van der Waals surface area contributed by atoms with Crippen molar-refractivity contribution >= 4 is 5.78 Å². The minimum absolute atomic E-state index is 0.0497. The molecule has 0 fully saturated rings. The Morgan fingerprint density at radius 3 is 2.53 bits per heavy atom. The Hall–Kier alpha value is -1.23. The zero-order chi connectivity index (χ0) is 14.4. The normalized spacial score (nSPS) is 14.6. The van der Waals surface area contributed by atoms with Crippen molar-refractivity contribution in [1.29, 1.82) is 0 Å². The van der Waals surface area contributed by atoms with Gasteiger partial charge in [0.25, 0.3) is 0 Å². The van der Waals surface area contributed by atoms with Crippen molar-refractivity contribution in [3.05, 3.63) is 11.7 Å². The molecule has 1 aromatic heterocycles. The Bertz CT molecular complexity index is 395. The highest BCUT2D eigenvalue weighted by Gasteiger charge is 2.28. The first-order valence-corrected chi connectivity index (χ1v) is 6.96. The number of carbonyl (C=O) groups excluding carboxylic acids is 1. The summed E-state index contributed by atoms with van der Waals surface area (Å²) in [5.74, 6) is 0.810. The van der Waals surface area contributed by atoms with Crippen LogP contribution in [0.4, 0.5) is 0 Å². The number of aromatic nitrogens is 2. The third-order valence-corrected chi connectivity index (χ3v) is 3.03. The molecule has 108 valence electrons. The van der Waals surface area contributed by atoms with Crippen molar-refractivity contribution in [1.82, 2.24) is 10.1 Å². The van der Waals surface area contributed by atoms with Crippen LogP contribution in [-0.4, -0.2) is 22.5 Å². The van der Waals surface area contributed by atoms with Crippen LogP contribution in [0.25, 0.3) is 0 Å². The molecule has 0 N–H and O–H groups in total. The highest BCUT2D eigenvalue weighted by atomic mass is 16.5. The Labute approximate surface area is 114 Å². The largest absolute Gasteiger partial charge is 0.370 e. The van der Waals surface area contributed by atoms with Crippen LogP contribution < -0.4 is 0 Å². The molecule has 2 unspecified atom stereocenters. The predicted molar refractivity (Wildman–Crippen MR) is 71.8 cm³/mol. The van der Waals surface area contributed by atoms with Gasteiger partial charge in [-0.25, -0.2) is 0 Å². The van der Waals surface area contributed by atoms with Crippen molar-refractivity contribution in [2.24, 2.45) is 5.92 Å². The van der Waals surface area contributed by atoms with Gasteiger partial charge in [0.2, 0.25) is 11.7 Å². The number of ketones is 1. The van der Waals surface area contributed by atoms with Crippen LogP contribution in [0.3, 0.4) is 0 Å². The molecule has 0 radical (unpaired) electrons. The minimum Gasteiger partial charge on any atom is -0.370 e. The zero-order valence-electron chi connectivity index (χ0n) is 12.5. The van der Waals surface area contributed by atoms with Gasteiger partial charge in [0.1, 0.15) is 11.9 Å². The number of Topliss-reactive ketones (excluding diaryl/α,β-unsaturated/α-hetero) is 1. The molecule has 5 heteroatoms. The van der Waals surface area contributed by atoms with Gasteiger partial charge in [0, 0.05) is 6.61 Å². The van der Waals surface area contributed by atoms with Crippen LogP contribution >= 0.6 is 0 Å². The highest BCUT2D eigenvalue weighted by molar-refractivity contribution is 5.82. The summed E-state index contributed by atoms with van der Waals surface area (Å²) >= 11 is 0. The maximum atomic E-state index is 11.7. The molecule has 19 heavy (non-hydrogen) atoms. The average Bonchev–Trinajstić information content (AvgIpc) is 2.77. The second kappa shape index (κ2) is 7.38. The maximum Gasteiger partial charge on any atom is 0.237 e. The van der Waals surface area contributed by atoms with E-state index in [0.29, 0.717) is 18.3 Å². The van der Waals surface area contributed by atoms with Crippen LogP contribution in [0.5, 0.6) is 0 Å². The van der Waals surface area contributed by atoms with Gasteiger partial charge < -0.3 is 9.26 Å². The molecule has 0 amide bonds. The van der Waals surface area contributed by atoms with Gasteiger partial charge in [0.15, 0.2) is 0 Å². The smallest absolute Gasteiger partial charge is 0.237 e. The zero-order valence-corrected chi connectivity index (χ0v) is 12.5. The fourth-order valence-electron chi connectivity index (χ4n) is 2.18. The van der Waals surface area contributed by atoms with E-state index in [-0.39, 0.29) is 23.7 Å². The predicted octanol–water partition coefficient (Wildman–Crippen LogP) is 3.28. The lowest BCUT2D eigenvalue weighted by Gasteiger charge is -2.13. The minimum atomic E-state index is -0.329. The summed E-state index contributed by atoms with van der Waals surface area (Å²) in [5.41, 5.74) is 0. The summed E-state index contributed by atoms with van der Waals surface area (Å²) in [7, 11) is 0. The summed E-state index contributed by atoms with van der Waals surface area (Å²) < 4.78 is 10.9. The van der Waals surface area contributed by atoms with E-state index in [9.17, 15) is 4.79 Å². The van der Waals surface area contributed by atoms with Crippen molar-refractivity contribution in [2.75, 3.05) is 6.61 Å². The summed E-state index contributed by atoms with van der Waals surface area (Å²) in [6.45, 7) is 10.1. The second-order valence-electron chi connectivity index (χ2n) is 5.06. The van der Waals surface area contributed by atoms with Crippen LogP contribution in [0.2, 0.25) is 0 Å². The molecule has 0 spiro atoms. The van der Waals surface area contributed by atoms with Gasteiger partial charge in [-0.2, -0.15) is 4.98 Å². The molecule has 0 saturated heterocycles. The molecule has 0 aliphatic heterocycles. The molecular formula is C14H24N2O3. The number of hydrogen-bond donors (Lipinski definition) is 0. The van der Waals surface area contributed by atoms with E-state index in [1.54, 1.807) is 6.92 Å². The number of carbonyl (C=O) groups is 1. The number of nitrogens with zero attached hydrogens (tertiary/aromatic N) is 2. The molecule has 1 aromatic rings. The van der Waals surface area contributed by atoms with E-state index in [2.05, 4.69) is 17.1 Å². The van der Waals surface area contributed by atoms with Gasteiger partial charge in [-0.1, -0.05) is 32.3 Å². The van der Waals surface area contributed by atoms with Gasteiger partial charge in [-0.05, 0) is 26.2 Å². The average molecular weight is 268 g/mol. The Morgan fingerprint density at radius 1 is 1.37 bits per heavy atom. The fourth-order valence-corrected chi connectivity index (χ4v) is 2.18. The standard InChI is InChI=1S/C14H24N2O3/c1-6-8-11(18-7-2)13-15-14(19-16-13)12(9(3)4)10(5)17/h9,11-12H,6-8H2,1-5H3. The monoisotopic (exact) mass is 268 g/mol. The summed E-state index contributed by atoms with van der Waals surface area (Å²) in [6.07, 6.45) is 1.68. The summed E-state index contributed by atoms with van der Waals surface area (Å²) in [6, 6.07) is 0. The molecule has 1 rings (SSSR count). The maximum absolute atomic E-state index is 11.7. The molecule has 2 atom stereocenters. The van der Waals surface area contributed by atoms with E-state index < -0.39 is 0 Å².